The zero-order chi connectivity index (χ0) is 7.11. The number of rotatable bonds is 4. The van der Waals surface area contributed by atoms with Crippen molar-refractivity contribution in [1.29, 1.82) is 0 Å². The normalized spacial score (nSPS) is 11.6. The molecule has 0 unspecified atom stereocenters. The van der Waals surface area contributed by atoms with Gasteiger partial charge in [0.15, 0.2) is 0 Å². The van der Waals surface area contributed by atoms with E-state index in [0.29, 0.717) is 0 Å². The minimum atomic E-state index is 0.756. The molecule has 0 radical (unpaired) electrons. The number of hydrazine groups is 1. The van der Waals surface area contributed by atoms with Crippen LogP contribution in [-0.4, -0.2) is 13.6 Å². The fourth-order valence-electron chi connectivity index (χ4n) is 0.449. The van der Waals surface area contributed by atoms with Crippen molar-refractivity contribution >= 4 is 0 Å². The molecule has 0 aromatic rings. The molecule has 0 heterocycles. The molecule has 0 bridgehead atoms. The Morgan fingerprint density at radius 3 is 2.78 bits per heavy atom. The van der Waals surface area contributed by atoms with Gasteiger partial charge in [-0.15, -0.1) is 0 Å². The number of hydrogen-bond acceptors (Lipinski definition) is 4. The molecule has 0 fully saturated rings. The molecular formula is C5H14N4. The van der Waals surface area contributed by atoms with Crippen molar-refractivity contribution in [1.82, 2.24) is 10.7 Å². The number of nitrogens with two attached hydrogens (primary N) is 2. The van der Waals surface area contributed by atoms with E-state index in [4.69, 9.17) is 11.6 Å². The summed E-state index contributed by atoms with van der Waals surface area (Å²) in [4.78, 5) is 0. The van der Waals surface area contributed by atoms with Gasteiger partial charge in [-0.2, -0.15) is 0 Å². The summed E-state index contributed by atoms with van der Waals surface area (Å²) in [5.41, 5.74) is 8.57. The second kappa shape index (κ2) is 5.40. The molecule has 0 aliphatic rings. The third kappa shape index (κ3) is 5.13. The lowest BCUT2D eigenvalue weighted by Crippen LogP contribution is -2.18. The van der Waals surface area contributed by atoms with E-state index in [9.17, 15) is 0 Å². The van der Waals surface area contributed by atoms with Crippen LogP contribution in [0.2, 0.25) is 0 Å². The van der Waals surface area contributed by atoms with E-state index in [1.165, 1.54) is 0 Å². The maximum Gasteiger partial charge on any atom is 0.0311 e. The topological polar surface area (TPSA) is 76.1 Å². The van der Waals surface area contributed by atoms with Crippen LogP contribution in [0.15, 0.2) is 11.9 Å². The maximum atomic E-state index is 5.45. The van der Waals surface area contributed by atoms with Gasteiger partial charge in [-0.3, -0.25) is 5.84 Å². The minimum Gasteiger partial charge on any atom is -0.401 e. The first-order valence-electron chi connectivity index (χ1n) is 2.86. The van der Waals surface area contributed by atoms with Crippen LogP contribution in [-0.2, 0) is 0 Å². The van der Waals surface area contributed by atoms with E-state index in [0.717, 1.165) is 18.7 Å². The van der Waals surface area contributed by atoms with Crippen LogP contribution in [0.1, 0.15) is 6.42 Å². The lowest BCUT2D eigenvalue weighted by atomic mass is 10.3. The Labute approximate surface area is 55.3 Å². The molecule has 0 saturated carbocycles. The maximum absolute atomic E-state index is 5.45. The van der Waals surface area contributed by atoms with E-state index in [1.807, 2.05) is 7.05 Å². The first-order valence-corrected chi connectivity index (χ1v) is 2.86. The number of nitrogens with one attached hydrogen (secondary N) is 2. The summed E-state index contributed by atoms with van der Waals surface area (Å²) >= 11 is 0. The zero-order valence-electron chi connectivity index (χ0n) is 5.65. The fraction of sp³-hybridized carbons (Fsp3) is 0.600. The molecule has 4 heteroatoms. The molecule has 9 heavy (non-hydrogen) atoms. The van der Waals surface area contributed by atoms with E-state index >= 15 is 0 Å². The van der Waals surface area contributed by atoms with Crippen LogP contribution in [0.5, 0.6) is 0 Å². The van der Waals surface area contributed by atoms with Gasteiger partial charge in [-0.1, -0.05) is 0 Å². The smallest absolute Gasteiger partial charge is 0.0311 e. The average molecular weight is 130 g/mol. The molecule has 54 valence electrons. The molecule has 0 aliphatic carbocycles. The van der Waals surface area contributed by atoms with Gasteiger partial charge in [0, 0.05) is 24.9 Å². The van der Waals surface area contributed by atoms with E-state index < -0.39 is 0 Å². The van der Waals surface area contributed by atoms with Crippen LogP contribution in [0.25, 0.3) is 0 Å². The first kappa shape index (κ1) is 8.26. The summed E-state index contributed by atoms with van der Waals surface area (Å²) in [6.07, 6.45) is 2.40. The van der Waals surface area contributed by atoms with Crippen LogP contribution in [0.3, 0.4) is 0 Å². The summed E-state index contributed by atoms with van der Waals surface area (Å²) in [7, 11) is 1.88. The molecule has 4 nitrogen and oxygen atoms in total. The highest BCUT2D eigenvalue weighted by atomic mass is 15.2. The molecular weight excluding hydrogens is 116 g/mol. The van der Waals surface area contributed by atoms with Crippen molar-refractivity contribution < 1.29 is 0 Å². The van der Waals surface area contributed by atoms with Crippen molar-refractivity contribution in [2.75, 3.05) is 13.6 Å². The first-order chi connectivity index (χ1) is 4.31. The molecule has 0 rings (SSSR count). The van der Waals surface area contributed by atoms with Gasteiger partial charge in [0.05, 0.1) is 0 Å². The third-order valence-electron chi connectivity index (χ3n) is 0.932. The average Bonchev–Trinajstić information content (AvgIpc) is 1.85. The van der Waals surface area contributed by atoms with Crippen molar-refractivity contribution in [3.8, 4) is 0 Å². The van der Waals surface area contributed by atoms with Gasteiger partial charge >= 0.3 is 0 Å². The van der Waals surface area contributed by atoms with Crippen LogP contribution in [0.4, 0.5) is 0 Å². The lowest BCUT2D eigenvalue weighted by molar-refractivity contribution is 0.771. The van der Waals surface area contributed by atoms with Gasteiger partial charge in [-0.25, -0.2) is 0 Å². The Bertz CT molecular complexity index is 89.0. The van der Waals surface area contributed by atoms with Crippen molar-refractivity contribution in [3.63, 3.8) is 0 Å². The van der Waals surface area contributed by atoms with E-state index in [-0.39, 0.29) is 0 Å². The standard InChI is InChI=1S/C5H14N4/c1-8-3-2-5(6)4-9-7/h4,8-9H,2-3,6-7H2,1H3/b5-4-. The Morgan fingerprint density at radius 1 is 1.67 bits per heavy atom. The SMILES string of the molecule is CNCC/C(N)=C/NN. The van der Waals surface area contributed by atoms with Crippen molar-refractivity contribution in [2.24, 2.45) is 11.6 Å². The quantitative estimate of drug-likeness (QED) is 0.286. The molecule has 6 N–H and O–H groups in total. The van der Waals surface area contributed by atoms with Gasteiger partial charge in [0.1, 0.15) is 0 Å². The van der Waals surface area contributed by atoms with E-state index in [1.54, 1.807) is 6.20 Å². The summed E-state index contributed by atoms with van der Waals surface area (Å²) < 4.78 is 0. The van der Waals surface area contributed by atoms with Crippen molar-refractivity contribution in [3.05, 3.63) is 11.9 Å². The minimum absolute atomic E-state index is 0.756. The Kier molecular flexibility index (Phi) is 4.95. The van der Waals surface area contributed by atoms with Crippen LogP contribution >= 0.6 is 0 Å². The highest BCUT2D eigenvalue weighted by Crippen LogP contribution is 1.85. The second-order valence-electron chi connectivity index (χ2n) is 1.74. The summed E-state index contributed by atoms with van der Waals surface area (Å²) in [5.74, 6) is 4.97. The molecule has 0 saturated heterocycles. The van der Waals surface area contributed by atoms with Crippen molar-refractivity contribution in [2.45, 2.75) is 6.42 Å². The van der Waals surface area contributed by atoms with Gasteiger partial charge in [-0.05, 0) is 7.05 Å². The predicted molar refractivity (Wildman–Crippen MR) is 38.1 cm³/mol. The summed E-state index contributed by atoms with van der Waals surface area (Å²) in [5, 5.41) is 2.97. The third-order valence-corrected chi connectivity index (χ3v) is 0.932. The Balaban J connectivity index is 3.25. The van der Waals surface area contributed by atoms with E-state index in [2.05, 4.69) is 10.7 Å². The molecule has 0 spiro atoms. The number of hydrogen-bond donors (Lipinski definition) is 4. The summed E-state index contributed by atoms with van der Waals surface area (Å²) in [6.45, 7) is 0.879. The molecule has 0 aliphatic heterocycles. The lowest BCUT2D eigenvalue weighted by Gasteiger charge is -1.98. The zero-order valence-corrected chi connectivity index (χ0v) is 5.65. The Morgan fingerprint density at radius 2 is 2.33 bits per heavy atom. The Hall–Kier alpha value is -0.740. The predicted octanol–water partition coefficient (Wildman–Crippen LogP) is -1.14. The molecule has 0 aromatic carbocycles. The summed E-state index contributed by atoms with van der Waals surface area (Å²) in [6, 6.07) is 0. The van der Waals surface area contributed by atoms with Crippen LogP contribution in [0, 0.1) is 0 Å². The second-order valence-corrected chi connectivity index (χ2v) is 1.74. The highest BCUT2D eigenvalue weighted by molar-refractivity contribution is 4.93. The van der Waals surface area contributed by atoms with Gasteiger partial charge < -0.3 is 16.5 Å². The largest absolute Gasteiger partial charge is 0.401 e. The van der Waals surface area contributed by atoms with Gasteiger partial charge in [0.2, 0.25) is 0 Å². The monoisotopic (exact) mass is 130 g/mol. The fourth-order valence-corrected chi connectivity index (χ4v) is 0.449. The van der Waals surface area contributed by atoms with Gasteiger partial charge in [0.25, 0.3) is 0 Å². The molecule has 0 aromatic heterocycles. The molecule has 0 amide bonds. The highest BCUT2D eigenvalue weighted by Gasteiger charge is 1.85. The van der Waals surface area contributed by atoms with Crippen LogP contribution < -0.4 is 22.3 Å². The molecule has 0 atom stereocenters.